The van der Waals surface area contributed by atoms with E-state index in [1.54, 1.807) is 18.5 Å². The van der Waals surface area contributed by atoms with Crippen molar-refractivity contribution < 1.29 is 14.2 Å². The zero-order valence-corrected chi connectivity index (χ0v) is 31.5. The van der Waals surface area contributed by atoms with Crippen LogP contribution in [0.1, 0.15) is 64.8 Å². The van der Waals surface area contributed by atoms with Crippen LogP contribution in [0.5, 0.6) is 17.2 Å². The zero-order valence-electron chi connectivity index (χ0n) is 30.7. The van der Waals surface area contributed by atoms with E-state index in [0.717, 1.165) is 102 Å². The number of ether oxygens (including phenoxy) is 3. The first-order valence-electron chi connectivity index (χ1n) is 18.5. The van der Waals surface area contributed by atoms with E-state index in [9.17, 15) is 5.26 Å². The minimum atomic E-state index is 0.281. The monoisotopic (exact) mass is 729 g/mol. The van der Waals surface area contributed by atoms with Gasteiger partial charge < -0.3 is 19.5 Å². The van der Waals surface area contributed by atoms with Crippen molar-refractivity contribution in [3.63, 3.8) is 0 Å². The number of hydrogen-bond donors (Lipinski definition) is 1. The predicted molar refractivity (Wildman–Crippen MR) is 210 cm³/mol. The van der Waals surface area contributed by atoms with Crippen LogP contribution in [-0.2, 0) is 26.2 Å². The molecule has 0 amide bonds. The van der Waals surface area contributed by atoms with Crippen LogP contribution < -0.4 is 19.5 Å². The van der Waals surface area contributed by atoms with Crippen molar-refractivity contribution in [2.24, 2.45) is 0 Å². The number of piperidine rings is 1. The topological polar surface area (TPSA) is 92.5 Å². The van der Waals surface area contributed by atoms with Crippen LogP contribution >= 0.6 is 11.6 Å². The number of nitriles is 1. The number of benzene rings is 3. The van der Waals surface area contributed by atoms with E-state index in [-0.39, 0.29) is 6.61 Å². The molecule has 0 bridgehead atoms. The highest BCUT2D eigenvalue weighted by Crippen LogP contribution is 2.37. The van der Waals surface area contributed by atoms with Crippen LogP contribution in [0, 0.1) is 25.2 Å². The Morgan fingerprint density at radius 3 is 2.42 bits per heavy atom. The molecule has 1 aliphatic heterocycles. The van der Waals surface area contributed by atoms with E-state index < -0.39 is 0 Å². The number of nitrogens with one attached hydrogen (secondary N) is 1. The van der Waals surface area contributed by atoms with Crippen LogP contribution in [0.2, 0.25) is 5.02 Å². The van der Waals surface area contributed by atoms with Crippen molar-refractivity contribution in [3.8, 4) is 34.4 Å². The summed E-state index contributed by atoms with van der Waals surface area (Å²) in [5.74, 6) is 2.18. The number of pyridine rings is 2. The second-order valence-electron chi connectivity index (χ2n) is 13.5. The molecule has 53 heavy (non-hydrogen) atoms. The van der Waals surface area contributed by atoms with Gasteiger partial charge in [-0.1, -0.05) is 54.4 Å². The molecule has 0 aliphatic carbocycles. The maximum absolute atomic E-state index is 9.33. The van der Waals surface area contributed by atoms with E-state index in [0.29, 0.717) is 29.5 Å². The smallest absolute Gasteiger partial charge is 0.142 e. The summed E-state index contributed by atoms with van der Waals surface area (Å²) in [7, 11) is 0. The van der Waals surface area contributed by atoms with Gasteiger partial charge in [-0.2, -0.15) is 5.26 Å². The Bertz CT molecular complexity index is 1990. The Morgan fingerprint density at radius 2 is 1.60 bits per heavy atom. The largest absolute Gasteiger partial charge is 0.493 e. The molecule has 5 aromatic rings. The summed E-state index contributed by atoms with van der Waals surface area (Å²) in [5, 5.41) is 13.4. The minimum absolute atomic E-state index is 0.281. The molecule has 0 atom stereocenters. The maximum atomic E-state index is 9.33. The number of aromatic nitrogens is 2. The molecule has 6 rings (SSSR count). The van der Waals surface area contributed by atoms with Crippen molar-refractivity contribution in [2.45, 2.75) is 65.7 Å². The molecule has 1 N–H and O–H groups in total. The molecule has 0 saturated carbocycles. The highest BCUT2D eigenvalue weighted by atomic mass is 35.5. The molecular weight excluding hydrogens is 682 g/mol. The van der Waals surface area contributed by atoms with Crippen molar-refractivity contribution in [2.75, 3.05) is 32.8 Å². The fraction of sp³-hybridized carbons (Fsp3) is 0.341. The maximum Gasteiger partial charge on any atom is 0.142 e. The van der Waals surface area contributed by atoms with E-state index >= 15 is 0 Å². The van der Waals surface area contributed by atoms with Crippen LogP contribution in [0.25, 0.3) is 11.1 Å². The first kappa shape index (κ1) is 37.8. The molecular formula is C44H48ClN5O3. The van der Waals surface area contributed by atoms with Gasteiger partial charge in [0.05, 0.1) is 17.2 Å². The van der Waals surface area contributed by atoms with E-state index in [4.69, 9.17) is 25.8 Å². The molecule has 9 heteroatoms. The molecule has 1 aliphatic rings. The number of hydrogen-bond acceptors (Lipinski definition) is 8. The second-order valence-corrected chi connectivity index (χ2v) is 13.9. The van der Waals surface area contributed by atoms with Crippen LogP contribution in [0.3, 0.4) is 0 Å². The molecule has 8 nitrogen and oxygen atoms in total. The van der Waals surface area contributed by atoms with E-state index in [2.05, 4.69) is 76.5 Å². The molecule has 274 valence electrons. The van der Waals surface area contributed by atoms with Gasteiger partial charge in [0.1, 0.15) is 36.5 Å². The molecule has 3 aromatic carbocycles. The Morgan fingerprint density at radius 1 is 0.792 bits per heavy atom. The van der Waals surface area contributed by atoms with Gasteiger partial charge in [-0.25, -0.2) is 0 Å². The molecule has 0 unspecified atom stereocenters. The Hall–Kier alpha value is -4.94. The second kappa shape index (κ2) is 19.2. The highest BCUT2D eigenvalue weighted by molar-refractivity contribution is 6.32. The lowest BCUT2D eigenvalue weighted by atomic mass is 9.93. The molecule has 1 saturated heterocycles. The van der Waals surface area contributed by atoms with Crippen molar-refractivity contribution in [1.29, 1.82) is 5.26 Å². The van der Waals surface area contributed by atoms with Crippen LogP contribution in [0.15, 0.2) is 91.4 Å². The van der Waals surface area contributed by atoms with E-state index in [1.807, 2.05) is 36.5 Å². The number of likely N-dealkylation sites (tertiary alicyclic amines) is 1. The van der Waals surface area contributed by atoms with Crippen molar-refractivity contribution >= 4 is 11.6 Å². The molecule has 3 heterocycles. The minimum Gasteiger partial charge on any atom is -0.493 e. The van der Waals surface area contributed by atoms with Crippen molar-refractivity contribution in [3.05, 3.63) is 135 Å². The lowest BCUT2D eigenvalue weighted by Crippen LogP contribution is -2.29. The number of halogens is 1. The molecule has 0 spiro atoms. The fourth-order valence-electron chi connectivity index (χ4n) is 6.71. The Labute approximate surface area is 318 Å². The van der Waals surface area contributed by atoms with Gasteiger partial charge in [0.2, 0.25) is 0 Å². The Kier molecular flexibility index (Phi) is 13.7. The summed E-state index contributed by atoms with van der Waals surface area (Å²) < 4.78 is 19.1. The average Bonchev–Trinajstić information content (AvgIpc) is 3.19. The molecule has 0 radical (unpaired) electrons. The van der Waals surface area contributed by atoms with Gasteiger partial charge in [0.15, 0.2) is 0 Å². The van der Waals surface area contributed by atoms with E-state index in [1.165, 1.54) is 19.3 Å². The quantitative estimate of drug-likeness (QED) is 0.0949. The lowest BCUT2D eigenvalue weighted by molar-refractivity contribution is 0.214. The van der Waals surface area contributed by atoms with Gasteiger partial charge in [-0.3, -0.25) is 14.9 Å². The van der Waals surface area contributed by atoms with Gasteiger partial charge in [-0.05, 0) is 111 Å². The summed E-state index contributed by atoms with van der Waals surface area (Å²) in [6.07, 6.45) is 10.6. The fourth-order valence-corrected chi connectivity index (χ4v) is 6.95. The van der Waals surface area contributed by atoms with Crippen LogP contribution in [-0.4, -0.2) is 47.7 Å². The first-order valence-corrected chi connectivity index (χ1v) is 18.9. The normalized spacial score (nSPS) is 13.0. The summed E-state index contributed by atoms with van der Waals surface area (Å²) in [6, 6.07) is 26.4. The molecule has 1 fully saturated rings. The van der Waals surface area contributed by atoms with Gasteiger partial charge >= 0.3 is 0 Å². The SMILES string of the molecule is Cc1c(COc2cc(OCc3cncc(C#N)c3)c(CN3CCCCC3)cc2Cl)cccc1-c1cccc(OCCCNCCc2ccccn2)c1C. The summed E-state index contributed by atoms with van der Waals surface area (Å²) in [5.41, 5.74) is 9.05. The Balaban J connectivity index is 1.10. The first-order chi connectivity index (χ1) is 26.0. The standard InChI is InChI=1S/C44H48ClN5O3/c1-32-36(11-8-13-39(32)40-14-9-15-42(33(40)2)51-22-10-17-47-19-16-38-12-4-5-18-49-38)31-53-44-25-43(52-30-35-23-34(26-46)27-48-28-35)37(24-41(44)45)29-50-20-6-3-7-21-50/h4-5,8-9,11-15,18,23-25,27-28,47H,3,6-7,10,16-17,19-22,29-31H2,1-2H3. The van der Waals surface area contributed by atoms with Crippen molar-refractivity contribution in [1.82, 2.24) is 20.2 Å². The lowest BCUT2D eigenvalue weighted by Gasteiger charge is -2.27. The number of rotatable bonds is 17. The molecule has 2 aromatic heterocycles. The van der Waals surface area contributed by atoms with Gasteiger partial charge in [0, 0.05) is 61.0 Å². The predicted octanol–water partition coefficient (Wildman–Crippen LogP) is 9.03. The summed E-state index contributed by atoms with van der Waals surface area (Å²) >= 11 is 6.88. The zero-order chi connectivity index (χ0) is 36.8. The summed E-state index contributed by atoms with van der Waals surface area (Å²) in [4.78, 5) is 11.0. The highest BCUT2D eigenvalue weighted by Gasteiger charge is 2.18. The van der Waals surface area contributed by atoms with Crippen LogP contribution in [0.4, 0.5) is 0 Å². The third-order valence-electron chi connectivity index (χ3n) is 9.72. The van der Waals surface area contributed by atoms with Gasteiger partial charge in [-0.15, -0.1) is 0 Å². The van der Waals surface area contributed by atoms with Gasteiger partial charge in [0.25, 0.3) is 0 Å². The summed E-state index contributed by atoms with van der Waals surface area (Å²) in [6.45, 7) is 10.2. The third kappa shape index (κ3) is 10.6. The number of nitrogens with zero attached hydrogens (tertiary/aromatic N) is 4. The third-order valence-corrected chi connectivity index (χ3v) is 10.0. The average molecular weight is 730 g/mol.